The summed E-state index contributed by atoms with van der Waals surface area (Å²) in [7, 11) is 0. The fraction of sp³-hybridized carbons (Fsp3) is 0.0303. The van der Waals surface area contributed by atoms with Crippen LogP contribution in [0.2, 0.25) is 0 Å². The molecule has 0 saturated carbocycles. The van der Waals surface area contributed by atoms with E-state index in [1.807, 2.05) is 0 Å². The summed E-state index contributed by atoms with van der Waals surface area (Å²) in [5.74, 6) is 0. The van der Waals surface area contributed by atoms with Gasteiger partial charge in [-0.2, -0.15) is 0 Å². The van der Waals surface area contributed by atoms with Crippen molar-refractivity contribution in [2.45, 2.75) is 6.42 Å². The zero-order chi connectivity index (χ0) is 22.0. The summed E-state index contributed by atoms with van der Waals surface area (Å²) in [4.78, 5) is 0. The number of hydrogen-bond acceptors (Lipinski definition) is 0. The third-order valence-electron chi connectivity index (χ3n) is 6.53. The van der Waals surface area contributed by atoms with Gasteiger partial charge in [0, 0.05) is 0 Å². The lowest BCUT2D eigenvalue weighted by molar-refractivity contribution is 1.23. The molecule has 0 aromatic heterocycles. The van der Waals surface area contributed by atoms with Crippen molar-refractivity contribution in [2.24, 2.45) is 0 Å². The van der Waals surface area contributed by atoms with Gasteiger partial charge in [0.05, 0.1) is 0 Å². The van der Waals surface area contributed by atoms with Crippen molar-refractivity contribution in [3.63, 3.8) is 0 Å². The number of rotatable bonds is 4. The molecule has 0 radical (unpaired) electrons. The molecule has 0 bridgehead atoms. The summed E-state index contributed by atoms with van der Waals surface area (Å²) in [5, 5.41) is 5.29. The van der Waals surface area contributed by atoms with Crippen LogP contribution in [0, 0.1) is 0 Å². The molecule has 0 saturated heterocycles. The van der Waals surface area contributed by atoms with E-state index in [0.717, 1.165) is 6.42 Å². The molecule has 0 nitrogen and oxygen atoms in total. The van der Waals surface area contributed by atoms with E-state index in [1.165, 1.54) is 54.9 Å². The first-order valence-electron chi connectivity index (χ1n) is 11.5. The van der Waals surface area contributed by atoms with Crippen molar-refractivity contribution in [3.05, 3.63) is 145 Å². The van der Waals surface area contributed by atoms with E-state index < -0.39 is 0 Å². The van der Waals surface area contributed by atoms with Crippen LogP contribution in [0.5, 0.6) is 0 Å². The fourth-order valence-electron chi connectivity index (χ4n) is 5.01. The van der Waals surface area contributed by atoms with E-state index in [4.69, 9.17) is 0 Å². The van der Waals surface area contributed by atoms with Gasteiger partial charge < -0.3 is 0 Å². The smallest absolute Gasteiger partial charge is 0.00134 e. The Labute approximate surface area is 194 Å². The van der Waals surface area contributed by atoms with Crippen molar-refractivity contribution in [1.82, 2.24) is 0 Å². The molecule has 0 unspecified atom stereocenters. The zero-order valence-corrected chi connectivity index (χ0v) is 18.4. The summed E-state index contributed by atoms with van der Waals surface area (Å²) in [6.45, 7) is 0. The summed E-state index contributed by atoms with van der Waals surface area (Å²) >= 11 is 0. The minimum absolute atomic E-state index is 0.923. The summed E-state index contributed by atoms with van der Waals surface area (Å²) in [5.41, 5.74) is 7.80. The van der Waals surface area contributed by atoms with Gasteiger partial charge in [0.15, 0.2) is 0 Å². The van der Waals surface area contributed by atoms with E-state index in [9.17, 15) is 0 Å². The van der Waals surface area contributed by atoms with Gasteiger partial charge >= 0.3 is 0 Å². The van der Waals surface area contributed by atoms with Gasteiger partial charge in [-0.15, -0.1) is 0 Å². The average Bonchev–Trinajstić information content (AvgIpc) is 2.90. The molecule has 0 heterocycles. The number of fused-ring (bicyclic) bond motifs is 2. The maximum Gasteiger partial charge on any atom is -0.00134 e. The third-order valence-corrected chi connectivity index (χ3v) is 6.53. The van der Waals surface area contributed by atoms with Gasteiger partial charge in [-0.25, -0.2) is 0 Å². The van der Waals surface area contributed by atoms with Crippen LogP contribution in [0.1, 0.15) is 11.1 Å². The van der Waals surface area contributed by atoms with Crippen LogP contribution in [-0.2, 0) is 6.42 Å². The monoisotopic (exact) mass is 420 g/mol. The standard InChI is InChI=1S/C33H24/c1-3-12-24(13-4-1)22-32-28-18-7-9-20-30(28)33(31-21-10-8-19-29(31)32)27-17-11-16-26(23-27)25-14-5-2-6-15-25/h1-21,23H,22H2. The Balaban J connectivity index is 1.64. The maximum atomic E-state index is 2.33. The molecule has 0 heteroatoms. The Morgan fingerprint density at radius 3 is 1.48 bits per heavy atom. The highest BCUT2D eigenvalue weighted by molar-refractivity contribution is 6.15. The van der Waals surface area contributed by atoms with Crippen LogP contribution in [0.4, 0.5) is 0 Å². The van der Waals surface area contributed by atoms with Crippen LogP contribution < -0.4 is 0 Å². The van der Waals surface area contributed by atoms with Crippen LogP contribution >= 0.6 is 0 Å². The van der Waals surface area contributed by atoms with Crippen LogP contribution in [0.3, 0.4) is 0 Å². The zero-order valence-electron chi connectivity index (χ0n) is 18.4. The lowest BCUT2D eigenvalue weighted by Gasteiger charge is -2.18. The Bertz CT molecular complexity index is 1500. The van der Waals surface area contributed by atoms with Gasteiger partial charge in [0.25, 0.3) is 0 Å². The molecule has 0 amide bonds. The fourth-order valence-corrected chi connectivity index (χ4v) is 5.01. The number of hydrogen-bond donors (Lipinski definition) is 0. The minimum Gasteiger partial charge on any atom is -0.0622 e. The van der Waals surface area contributed by atoms with Crippen molar-refractivity contribution < 1.29 is 0 Å². The molecule has 0 aliphatic heterocycles. The van der Waals surface area contributed by atoms with E-state index in [2.05, 4.69) is 133 Å². The topological polar surface area (TPSA) is 0 Å². The summed E-state index contributed by atoms with van der Waals surface area (Å²) < 4.78 is 0. The van der Waals surface area contributed by atoms with Gasteiger partial charge in [-0.3, -0.25) is 0 Å². The molecule has 0 aliphatic rings. The van der Waals surface area contributed by atoms with Gasteiger partial charge in [0.1, 0.15) is 0 Å². The van der Waals surface area contributed by atoms with E-state index in [-0.39, 0.29) is 0 Å². The van der Waals surface area contributed by atoms with Crippen molar-refractivity contribution >= 4 is 21.5 Å². The van der Waals surface area contributed by atoms with E-state index in [1.54, 1.807) is 0 Å². The average molecular weight is 421 g/mol. The minimum atomic E-state index is 0.923. The maximum absolute atomic E-state index is 2.33. The van der Waals surface area contributed by atoms with Crippen LogP contribution in [-0.4, -0.2) is 0 Å². The molecule has 6 rings (SSSR count). The second-order valence-electron chi connectivity index (χ2n) is 8.55. The summed E-state index contributed by atoms with van der Waals surface area (Å²) in [6, 6.07) is 48.2. The molecule has 0 atom stereocenters. The molecule has 0 spiro atoms. The van der Waals surface area contributed by atoms with Crippen LogP contribution in [0.15, 0.2) is 133 Å². The van der Waals surface area contributed by atoms with Crippen molar-refractivity contribution in [3.8, 4) is 22.3 Å². The Kier molecular flexibility index (Phi) is 4.97. The lowest BCUT2D eigenvalue weighted by Crippen LogP contribution is -1.95. The highest BCUT2D eigenvalue weighted by atomic mass is 14.2. The summed E-state index contributed by atoms with van der Waals surface area (Å²) in [6.07, 6.45) is 0.923. The molecule has 6 aromatic carbocycles. The molecular formula is C33H24. The molecule has 0 N–H and O–H groups in total. The second kappa shape index (κ2) is 8.41. The van der Waals surface area contributed by atoms with E-state index >= 15 is 0 Å². The highest BCUT2D eigenvalue weighted by Gasteiger charge is 2.15. The van der Waals surface area contributed by atoms with Gasteiger partial charge in [-0.1, -0.05) is 127 Å². The Morgan fingerprint density at radius 1 is 0.364 bits per heavy atom. The van der Waals surface area contributed by atoms with Gasteiger partial charge in [0.2, 0.25) is 0 Å². The number of benzene rings is 6. The SMILES string of the molecule is c1ccc(Cc2c3ccccc3c(-c3cccc(-c4ccccc4)c3)c3ccccc23)cc1. The Morgan fingerprint density at radius 2 is 0.848 bits per heavy atom. The quantitative estimate of drug-likeness (QED) is 0.250. The predicted octanol–water partition coefficient (Wildman–Crippen LogP) is 8.92. The normalized spacial score (nSPS) is 11.2. The first-order chi connectivity index (χ1) is 16.4. The second-order valence-corrected chi connectivity index (χ2v) is 8.55. The van der Waals surface area contributed by atoms with E-state index in [0.29, 0.717) is 0 Å². The lowest BCUT2D eigenvalue weighted by atomic mass is 9.86. The highest BCUT2D eigenvalue weighted by Crippen LogP contribution is 2.41. The molecular weight excluding hydrogens is 396 g/mol. The first-order valence-corrected chi connectivity index (χ1v) is 11.5. The predicted molar refractivity (Wildman–Crippen MR) is 142 cm³/mol. The molecule has 33 heavy (non-hydrogen) atoms. The van der Waals surface area contributed by atoms with Crippen molar-refractivity contribution in [2.75, 3.05) is 0 Å². The first kappa shape index (κ1) is 19.5. The largest absolute Gasteiger partial charge is 0.0622 e. The molecule has 6 aromatic rings. The van der Waals surface area contributed by atoms with Crippen LogP contribution in [0.25, 0.3) is 43.8 Å². The third kappa shape index (κ3) is 3.60. The molecule has 0 aliphatic carbocycles. The molecule has 0 fully saturated rings. The Hall–Kier alpha value is -4.16. The van der Waals surface area contributed by atoms with Crippen molar-refractivity contribution in [1.29, 1.82) is 0 Å². The molecule has 156 valence electrons. The van der Waals surface area contributed by atoms with Gasteiger partial charge in [-0.05, 0) is 67.4 Å².